The summed E-state index contributed by atoms with van der Waals surface area (Å²) in [6.07, 6.45) is 1.20. The van der Waals surface area contributed by atoms with E-state index in [4.69, 9.17) is 11.6 Å². The molecule has 0 saturated carbocycles. The average molecular weight is 252 g/mol. The van der Waals surface area contributed by atoms with Crippen molar-refractivity contribution in [2.75, 3.05) is 5.32 Å². The van der Waals surface area contributed by atoms with Crippen LogP contribution >= 0.6 is 11.6 Å². The van der Waals surface area contributed by atoms with Crippen LogP contribution in [0, 0.1) is 5.82 Å². The third kappa shape index (κ3) is 2.98. The Hall–Kier alpha value is -2.01. The van der Waals surface area contributed by atoms with Gasteiger partial charge in [0.1, 0.15) is 23.0 Å². The molecule has 4 nitrogen and oxygen atoms in total. The Morgan fingerprint density at radius 2 is 1.94 bits per heavy atom. The number of carbonyl (C=O) groups excluding carboxylic acids is 1. The Kier molecular flexibility index (Phi) is 3.30. The van der Waals surface area contributed by atoms with Gasteiger partial charge in [0, 0.05) is 11.8 Å². The Morgan fingerprint density at radius 3 is 2.59 bits per heavy atom. The Bertz CT molecular complexity index is 545. The number of benzene rings is 1. The minimum absolute atomic E-state index is 0.148. The number of rotatable bonds is 2. The fourth-order valence-electron chi connectivity index (χ4n) is 1.19. The van der Waals surface area contributed by atoms with Crippen molar-refractivity contribution in [1.29, 1.82) is 0 Å². The van der Waals surface area contributed by atoms with Gasteiger partial charge in [0.25, 0.3) is 5.91 Å². The van der Waals surface area contributed by atoms with E-state index in [1.54, 1.807) is 0 Å². The first-order valence-corrected chi connectivity index (χ1v) is 5.07. The second-order valence-corrected chi connectivity index (χ2v) is 3.57. The van der Waals surface area contributed by atoms with Crippen molar-refractivity contribution in [1.82, 2.24) is 9.97 Å². The van der Waals surface area contributed by atoms with Crippen LogP contribution in [0.25, 0.3) is 0 Å². The largest absolute Gasteiger partial charge is 0.321 e. The SMILES string of the molecule is O=C(Nc1ccc(F)cc1)c1cc(Cl)ncn1. The monoisotopic (exact) mass is 251 g/mol. The molecule has 1 amide bonds. The van der Waals surface area contributed by atoms with Gasteiger partial charge in [-0.25, -0.2) is 14.4 Å². The fraction of sp³-hybridized carbons (Fsp3) is 0. The van der Waals surface area contributed by atoms with Crippen LogP contribution in [0.4, 0.5) is 10.1 Å². The van der Waals surface area contributed by atoms with E-state index in [0.717, 1.165) is 0 Å². The maximum atomic E-state index is 12.6. The average Bonchev–Trinajstić information content (AvgIpc) is 2.32. The van der Waals surface area contributed by atoms with Crippen molar-refractivity contribution in [3.05, 3.63) is 53.3 Å². The van der Waals surface area contributed by atoms with Crippen LogP contribution in [-0.4, -0.2) is 15.9 Å². The van der Waals surface area contributed by atoms with E-state index in [2.05, 4.69) is 15.3 Å². The highest BCUT2D eigenvalue weighted by Gasteiger charge is 2.08. The number of anilines is 1. The summed E-state index contributed by atoms with van der Waals surface area (Å²) in [4.78, 5) is 19.1. The van der Waals surface area contributed by atoms with E-state index in [1.165, 1.54) is 36.7 Å². The molecule has 6 heteroatoms. The first-order chi connectivity index (χ1) is 8.15. The molecule has 0 radical (unpaired) electrons. The summed E-state index contributed by atoms with van der Waals surface area (Å²) < 4.78 is 12.6. The van der Waals surface area contributed by atoms with Crippen molar-refractivity contribution >= 4 is 23.2 Å². The predicted molar refractivity (Wildman–Crippen MR) is 61.4 cm³/mol. The highest BCUT2D eigenvalue weighted by molar-refractivity contribution is 6.29. The number of nitrogens with zero attached hydrogens (tertiary/aromatic N) is 2. The number of hydrogen-bond acceptors (Lipinski definition) is 3. The molecule has 0 unspecified atom stereocenters. The first-order valence-electron chi connectivity index (χ1n) is 4.69. The molecule has 0 bridgehead atoms. The molecule has 0 fully saturated rings. The van der Waals surface area contributed by atoms with E-state index in [0.29, 0.717) is 5.69 Å². The summed E-state index contributed by atoms with van der Waals surface area (Å²) in [5.74, 6) is -0.797. The van der Waals surface area contributed by atoms with Crippen molar-refractivity contribution in [2.45, 2.75) is 0 Å². The number of amides is 1. The maximum absolute atomic E-state index is 12.6. The zero-order valence-electron chi connectivity index (χ0n) is 8.52. The summed E-state index contributed by atoms with van der Waals surface area (Å²) in [5.41, 5.74) is 0.625. The normalized spacial score (nSPS) is 10.0. The molecule has 1 heterocycles. The van der Waals surface area contributed by atoms with Crippen LogP contribution in [-0.2, 0) is 0 Å². The zero-order chi connectivity index (χ0) is 12.3. The fourth-order valence-corrected chi connectivity index (χ4v) is 1.33. The number of carbonyl (C=O) groups is 1. The lowest BCUT2D eigenvalue weighted by Gasteiger charge is -2.04. The van der Waals surface area contributed by atoms with Crippen LogP contribution in [0.1, 0.15) is 10.5 Å². The lowest BCUT2D eigenvalue weighted by molar-refractivity contribution is 0.102. The van der Waals surface area contributed by atoms with Gasteiger partial charge in [-0.1, -0.05) is 11.6 Å². The number of nitrogens with one attached hydrogen (secondary N) is 1. The first kappa shape index (κ1) is 11.5. The molecule has 2 aromatic rings. The molecule has 0 saturated heterocycles. The van der Waals surface area contributed by atoms with Crippen LogP contribution in [0.3, 0.4) is 0 Å². The number of aromatic nitrogens is 2. The third-order valence-electron chi connectivity index (χ3n) is 1.97. The van der Waals surface area contributed by atoms with Gasteiger partial charge >= 0.3 is 0 Å². The lowest BCUT2D eigenvalue weighted by Crippen LogP contribution is -2.13. The second-order valence-electron chi connectivity index (χ2n) is 3.19. The molecule has 0 aliphatic rings. The zero-order valence-corrected chi connectivity index (χ0v) is 9.28. The van der Waals surface area contributed by atoms with Crippen molar-refractivity contribution in [2.24, 2.45) is 0 Å². The van der Waals surface area contributed by atoms with Crippen LogP contribution < -0.4 is 5.32 Å². The molecular weight excluding hydrogens is 245 g/mol. The molecule has 86 valence electrons. The van der Waals surface area contributed by atoms with Crippen LogP contribution in [0.15, 0.2) is 36.7 Å². The van der Waals surface area contributed by atoms with Gasteiger partial charge < -0.3 is 5.32 Å². The van der Waals surface area contributed by atoms with E-state index in [9.17, 15) is 9.18 Å². The minimum Gasteiger partial charge on any atom is -0.321 e. The lowest BCUT2D eigenvalue weighted by atomic mass is 10.3. The molecule has 0 spiro atoms. The van der Waals surface area contributed by atoms with Crippen LogP contribution in [0.5, 0.6) is 0 Å². The molecule has 2 rings (SSSR count). The van der Waals surface area contributed by atoms with Gasteiger partial charge in [0.05, 0.1) is 0 Å². The summed E-state index contributed by atoms with van der Waals surface area (Å²) in [5, 5.41) is 2.74. The highest BCUT2D eigenvalue weighted by atomic mass is 35.5. The van der Waals surface area contributed by atoms with Crippen molar-refractivity contribution in [3.8, 4) is 0 Å². The van der Waals surface area contributed by atoms with Crippen molar-refractivity contribution in [3.63, 3.8) is 0 Å². The van der Waals surface area contributed by atoms with E-state index in [-0.39, 0.29) is 16.7 Å². The topological polar surface area (TPSA) is 54.9 Å². The smallest absolute Gasteiger partial charge is 0.274 e. The van der Waals surface area contributed by atoms with E-state index < -0.39 is 5.91 Å². The molecular formula is C11H7ClFN3O. The molecule has 1 aromatic heterocycles. The molecule has 0 atom stereocenters. The standard InChI is InChI=1S/C11H7ClFN3O/c12-10-5-9(14-6-15-10)11(17)16-8-3-1-7(13)2-4-8/h1-6H,(H,16,17). The molecule has 0 aliphatic heterocycles. The molecule has 1 N–H and O–H groups in total. The van der Waals surface area contributed by atoms with Gasteiger partial charge in [-0.15, -0.1) is 0 Å². The van der Waals surface area contributed by atoms with Crippen molar-refractivity contribution < 1.29 is 9.18 Å². The quantitative estimate of drug-likeness (QED) is 0.835. The van der Waals surface area contributed by atoms with Gasteiger partial charge in [-0.3, -0.25) is 4.79 Å². The summed E-state index contributed by atoms with van der Waals surface area (Å²) in [6.45, 7) is 0. The number of hydrogen-bond donors (Lipinski definition) is 1. The van der Waals surface area contributed by atoms with E-state index >= 15 is 0 Å². The third-order valence-corrected chi connectivity index (χ3v) is 2.18. The summed E-state index contributed by atoms with van der Waals surface area (Å²) in [7, 11) is 0. The molecule has 17 heavy (non-hydrogen) atoms. The van der Waals surface area contributed by atoms with Gasteiger partial charge in [0.2, 0.25) is 0 Å². The second kappa shape index (κ2) is 4.88. The van der Waals surface area contributed by atoms with Gasteiger partial charge in [-0.05, 0) is 24.3 Å². The highest BCUT2D eigenvalue weighted by Crippen LogP contribution is 2.10. The Morgan fingerprint density at radius 1 is 1.24 bits per heavy atom. The minimum atomic E-state index is -0.430. The Labute approximate surface area is 101 Å². The van der Waals surface area contributed by atoms with Gasteiger partial charge in [-0.2, -0.15) is 0 Å². The van der Waals surface area contributed by atoms with E-state index in [1.807, 2.05) is 0 Å². The molecule has 0 aliphatic carbocycles. The number of halogens is 2. The van der Waals surface area contributed by atoms with Gasteiger partial charge in [0.15, 0.2) is 0 Å². The summed E-state index contributed by atoms with van der Waals surface area (Å²) in [6, 6.07) is 6.76. The summed E-state index contributed by atoms with van der Waals surface area (Å²) >= 11 is 5.63. The van der Waals surface area contributed by atoms with Crippen LogP contribution in [0.2, 0.25) is 5.15 Å². The Balaban J connectivity index is 2.14. The predicted octanol–water partition coefficient (Wildman–Crippen LogP) is 2.52. The molecule has 1 aromatic carbocycles. The maximum Gasteiger partial charge on any atom is 0.274 e.